The van der Waals surface area contributed by atoms with Gasteiger partial charge in [0, 0.05) is 37.6 Å². The molecule has 6 heteroatoms. The van der Waals surface area contributed by atoms with Crippen LogP contribution in [0.15, 0.2) is 24.3 Å². The maximum Gasteiger partial charge on any atom is 0.410 e. The molecular formula is C19H27ClN2O3. The summed E-state index contributed by atoms with van der Waals surface area (Å²) in [6, 6.07) is 7.59. The normalized spacial score (nSPS) is 15.7. The molecule has 2 amide bonds. The Morgan fingerprint density at radius 1 is 1.12 bits per heavy atom. The van der Waals surface area contributed by atoms with Crippen LogP contribution in [-0.4, -0.2) is 53.6 Å². The zero-order valence-corrected chi connectivity index (χ0v) is 16.0. The Kier molecular flexibility index (Phi) is 6.71. The minimum absolute atomic E-state index is 0.117. The molecule has 2 rings (SSSR count). The number of amides is 2. The number of rotatable bonds is 3. The molecule has 0 aliphatic carbocycles. The highest BCUT2D eigenvalue weighted by molar-refractivity contribution is 6.30. The lowest BCUT2D eigenvalue weighted by atomic mass is 10.1. The Labute approximate surface area is 154 Å². The predicted molar refractivity (Wildman–Crippen MR) is 98.8 cm³/mol. The summed E-state index contributed by atoms with van der Waals surface area (Å²) in [5, 5.41) is 0.688. The first kappa shape index (κ1) is 19.6. The molecule has 0 aromatic heterocycles. The summed E-state index contributed by atoms with van der Waals surface area (Å²) in [5.74, 6) is 0.117. The van der Waals surface area contributed by atoms with Gasteiger partial charge in [0.15, 0.2) is 0 Å². The number of ether oxygens (including phenoxy) is 1. The van der Waals surface area contributed by atoms with Crippen LogP contribution in [0.3, 0.4) is 0 Å². The van der Waals surface area contributed by atoms with E-state index >= 15 is 0 Å². The van der Waals surface area contributed by atoms with Crippen molar-refractivity contribution in [1.82, 2.24) is 9.80 Å². The van der Waals surface area contributed by atoms with E-state index in [9.17, 15) is 9.59 Å². The van der Waals surface area contributed by atoms with E-state index in [2.05, 4.69) is 0 Å². The number of nitrogens with zero attached hydrogens (tertiary/aromatic N) is 2. The van der Waals surface area contributed by atoms with Gasteiger partial charge in [-0.25, -0.2) is 4.79 Å². The third kappa shape index (κ3) is 6.58. The van der Waals surface area contributed by atoms with Crippen molar-refractivity contribution in [2.45, 2.75) is 45.6 Å². The van der Waals surface area contributed by atoms with Gasteiger partial charge in [-0.15, -0.1) is 0 Å². The molecule has 0 saturated carbocycles. The molecular weight excluding hydrogens is 340 g/mol. The van der Waals surface area contributed by atoms with Crippen LogP contribution in [0, 0.1) is 0 Å². The zero-order valence-electron chi connectivity index (χ0n) is 15.3. The van der Waals surface area contributed by atoms with E-state index in [1.165, 1.54) is 0 Å². The van der Waals surface area contributed by atoms with Crippen molar-refractivity contribution in [2.24, 2.45) is 0 Å². The topological polar surface area (TPSA) is 49.9 Å². The molecule has 1 aliphatic heterocycles. The molecule has 0 N–H and O–H groups in total. The molecule has 0 radical (unpaired) electrons. The number of halogens is 1. The quantitative estimate of drug-likeness (QED) is 0.818. The number of carbonyl (C=O) groups is 2. The highest BCUT2D eigenvalue weighted by atomic mass is 35.5. The van der Waals surface area contributed by atoms with Crippen LogP contribution in [0.1, 0.15) is 39.2 Å². The van der Waals surface area contributed by atoms with Crippen molar-refractivity contribution in [1.29, 1.82) is 0 Å². The molecule has 1 aliphatic rings. The Morgan fingerprint density at radius 3 is 2.48 bits per heavy atom. The lowest BCUT2D eigenvalue weighted by Crippen LogP contribution is -2.40. The van der Waals surface area contributed by atoms with Crippen LogP contribution < -0.4 is 0 Å². The summed E-state index contributed by atoms with van der Waals surface area (Å²) >= 11 is 5.98. The fraction of sp³-hybridized carbons (Fsp3) is 0.579. The van der Waals surface area contributed by atoms with E-state index in [0.29, 0.717) is 44.0 Å². The van der Waals surface area contributed by atoms with Crippen LogP contribution in [-0.2, 0) is 16.0 Å². The van der Waals surface area contributed by atoms with Crippen molar-refractivity contribution < 1.29 is 14.3 Å². The van der Waals surface area contributed by atoms with E-state index in [1.807, 2.05) is 49.9 Å². The van der Waals surface area contributed by atoms with Crippen LogP contribution in [0.2, 0.25) is 5.02 Å². The van der Waals surface area contributed by atoms with Crippen LogP contribution in [0.25, 0.3) is 0 Å². The minimum Gasteiger partial charge on any atom is -0.444 e. The molecule has 1 aromatic carbocycles. The van der Waals surface area contributed by atoms with Crippen LogP contribution in [0.4, 0.5) is 4.79 Å². The molecule has 1 aromatic rings. The SMILES string of the molecule is CC(C)(C)OC(=O)N1CCCN(C(=O)CCc2cccc(Cl)c2)CC1. The van der Waals surface area contributed by atoms with Gasteiger partial charge in [0.1, 0.15) is 5.60 Å². The van der Waals surface area contributed by atoms with Gasteiger partial charge in [-0.05, 0) is 51.3 Å². The first-order chi connectivity index (χ1) is 11.7. The fourth-order valence-corrected chi connectivity index (χ4v) is 2.99. The molecule has 1 heterocycles. The summed E-state index contributed by atoms with van der Waals surface area (Å²) in [5.41, 5.74) is 0.557. The highest BCUT2D eigenvalue weighted by Gasteiger charge is 2.25. The lowest BCUT2D eigenvalue weighted by molar-refractivity contribution is -0.131. The van der Waals surface area contributed by atoms with Gasteiger partial charge >= 0.3 is 6.09 Å². The third-order valence-corrected chi connectivity index (χ3v) is 4.25. The Balaban J connectivity index is 1.83. The molecule has 1 fully saturated rings. The van der Waals surface area contributed by atoms with E-state index in [0.717, 1.165) is 12.0 Å². The van der Waals surface area contributed by atoms with Gasteiger partial charge in [0.25, 0.3) is 0 Å². The summed E-state index contributed by atoms with van der Waals surface area (Å²) in [6.45, 7) is 7.92. The van der Waals surface area contributed by atoms with Crippen LogP contribution in [0.5, 0.6) is 0 Å². The maximum atomic E-state index is 12.5. The fourth-order valence-electron chi connectivity index (χ4n) is 2.78. The number of hydrogen-bond acceptors (Lipinski definition) is 3. The number of hydrogen-bond donors (Lipinski definition) is 0. The van der Waals surface area contributed by atoms with Crippen LogP contribution >= 0.6 is 11.6 Å². The molecule has 1 saturated heterocycles. The van der Waals surface area contributed by atoms with Gasteiger partial charge in [0.05, 0.1) is 0 Å². The van der Waals surface area contributed by atoms with Crippen molar-refractivity contribution in [3.63, 3.8) is 0 Å². The van der Waals surface area contributed by atoms with E-state index < -0.39 is 5.60 Å². The standard InChI is InChI=1S/C19H27ClN2O3/c1-19(2,3)25-18(24)22-11-5-10-21(12-13-22)17(23)9-8-15-6-4-7-16(20)14-15/h4,6-7,14H,5,8-13H2,1-3H3. The molecule has 25 heavy (non-hydrogen) atoms. The minimum atomic E-state index is -0.504. The summed E-state index contributed by atoms with van der Waals surface area (Å²) in [7, 11) is 0. The molecule has 0 bridgehead atoms. The maximum absolute atomic E-state index is 12.5. The van der Waals surface area contributed by atoms with Gasteiger partial charge < -0.3 is 14.5 Å². The summed E-state index contributed by atoms with van der Waals surface area (Å²) in [4.78, 5) is 28.2. The summed E-state index contributed by atoms with van der Waals surface area (Å²) < 4.78 is 5.42. The predicted octanol–water partition coefficient (Wildman–Crippen LogP) is 3.74. The van der Waals surface area contributed by atoms with Crippen molar-refractivity contribution in [3.05, 3.63) is 34.9 Å². The second-order valence-corrected chi connectivity index (χ2v) is 7.77. The van der Waals surface area contributed by atoms with Crippen molar-refractivity contribution >= 4 is 23.6 Å². The average Bonchev–Trinajstić information content (AvgIpc) is 2.77. The smallest absolute Gasteiger partial charge is 0.410 e. The Morgan fingerprint density at radius 2 is 1.80 bits per heavy atom. The number of carbonyl (C=O) groups excluding carboxylic acids is 2. The summed E-state index contributed by atoms with van der Waals surface area (Å²) in [6.07, 6.45) is 1.58. The monoisotopic (exact) mass is 366 g/mol. The molecule has 0 atom stereocenters. The first-order valence-corrected chi connectivity index (χ1v) is 9.12. The zero-order chi connectivity index (χ0) is 18.4. The van der Waals surface area contributed by atoms with E-state index in [4.69, 9.17) is 16.3 Å². The third-order valence-electron chi connectivity index (χ3n) is 4.02. The van der Waals surface area contributed by atoms with Crippen molar-refractivity contribution in [3.8, 4) is 0 Å². The Bertz CT molecular complexity index is 613. The van der Waals surface area contributed by atoms with E-state index in [1.54, 1.807) is 4.90 Å². The highest BCUT2D eigenvalue weighted by Crippen LogP contribution is 2.15. The molecule has 5 nitrogen and oxygen atoms in total. The van der Waals surface area contributed by atoms with E-state index in [-0.39, 0.29) is 12.0 Å². The second-order valence-electron chi connectivity index (χ2n) is 7.33. The molecule has 0 unspecified atom stereocenters. The van der Waals surface area contributed by atoms with Gasteiger partial charge in [-0.2, -0.15) is 0 Å². The first-order valence-electron chi connectivity index (χ1n) is 8.75. The largest absolute Gasteiger partial charge is 0.444 e. The van der Waals surface area contributed by atoms with Gasteiger partial charge in [-0.3, -0.25) is 4.79 Å². The average molecular weight is 367 g/mol. The lowest BCUT2D eigenvalue weighted by Gasteiger charge is -2.26. The Hall–Kier alpha value is -1.75. The van der Waals surface area contributed by atoms with Gasteiger partial charge in [-0.1, -0.05) is 23.7 Å². The molecule has 138 valence electrons. The molecule has 0 spiro atoms. The van der Waals surface area contributed by atoms with Crippen molar-refractivity contribution in [2.75, 3.05) is 26.2 Å². The number of benzene rings is 1. The van der Waals surface area contributed by atoms with Gasteiger partial charge in [0.2, 0.25) is 5.91 Å². The number of aryl methyl sites for hydroxylation is 1. The second kappa shape index (κ2) is 8.56.